The SMILES string of the molecule is CC[C@@H](C(=O)NC(C)(C)C)N(CCc1ccccc1)C(=O)CN(c1cc(C(F)(F)F)ccc1Cl)S(C)(=O)=O. The van der Waals surface area contributed by atoms with E-state index in [9.17, 15) is 31.2 Å². The van der Waals surface area contributed by atoms with Crippen molar-refractivity contribution in [3.05, 3.63) is 64.7 Å². The largest absolute Gasteiger partial charge is 0.416 e. The Morgan fingerprint density at radius 2 is 1.66 bits per heavy atom. The van der Waals surface area contributed by atoms with Crippen LogP contribution in [0.2, 0.25) is 5.02 Å². The molecule has 2 amide bonds. The number of anilines is 1. The highest BCUT2D eigenvalue weighted by molar-refractivity contribution is 7.92. The van der Waals surface area contributed by atoms with Crippen LogP contribution < -0.4 is 9.62 Å². The average molecular weight is 576 g/mol. The van der Waals surface area contributed by atoms with Crippen LogP contribution in [0.1, 0.15) is 45.2 Å². The first kappa shape index (κ1) is 31.4. The Morgan fingerprint density at radius 3 is 2.16 bits per heavy atom. The molecule has 0 saturated carbocycles. The molecular weight excluding hydrogens is 543 g/mol. The molecule has 210 valence electrons. The molecule has 0 aliphatic rings. The number of nitrogens with zero attached hydrogens (tertiary/aromatic N) is 2. The van der Waals surface area contributed by atoms with E-state index < -0.39 is 57.4 Å². The van der Waals surface area contributed by atoms with Crippen LogP contribution in [0.25, 0.3) is 0 Å². The van der Waals surface area contributed by atoms with Gasteiger partial charge in [0.2, 0.25) is 21.8 Å². The fourth-order valence-electron chi connectivity index (χ4n) is 3.82. The summed E-state index contributed by atoms with van der Waals surface area (Å²) in [5.74, 6) is -1.18. The Hall–Kier alpha value is -2.79. The van der Waals surface area contributed by atoms with E-state index in [1.165, 1.54) is 4.90 Å². The van der Waals surface area contributed by atoms with Gasteiger partial charge in [0, 0.05) is 12.1 Å². The van der Waals surface area contributed by atoms with E-state index in [0.29, 0.717) is 16.8 Å². The van der Waals surface area contributed by atoms with E-state index in [1.807, 2.05) is 30.3 Å². The summed E-state index contributed by atoms with van der Waals surface area (Å²) in [5, 5.41) is 2.57. The Morgan fingerprint density at radius 1 is 1.05 bits per heavy atom. The molecular formula is C26H33ClF3N3O4S. The van der Waals surface area contributed by atoms with Crippen molar-refractivity contribution < 1.29 is 31.2 Å². The quantitative estimate of drug-likeness (QED) is 0.437. The molecule has 1 atom stereocenters. The maximum absolute atomic E-state index is 13.6. The molecule has 0 spiro atoms. The number of rotatable bonds is 10. The van der Waals surface area contributed by atoms with Gasteiger partial charge in [0.15, 0.2) is 0 Å². The lowest BCUT2D eigenvalue weighted by atomic mass is 10.1. The molecule has 0 fully saturated rings. The molecule has 0 aliphatic carbocycles. The number of benzene rings is 2. The van der Waals surface area contributed by atoms with E-state index in [2.05, 4.69) is 5.32 Å². The second-order valence-corrected chi connectivity index (χ2v) is 12.2. The molecule has 12 heteroatoms. The monoisotopic (exact) mass is 575 g/mol. The number of hydrogen-bond donors (Lipinski definition) is 1. The highest BCUT2D eigenvalue weighted by Gasteiger charge is 2.35. The molecule has 38 heavy (non-hydrogen) atoms. The van der Waals surface area contributed by atoms with Crippen molar-refractivity contribution in [2.45, 2.75) is 58.3 Å². The number of alkyl halides is 3. The summed E-state index contributed by atoms with van der Waals surface area (Å²) < 4.78 is 66.0. The smallest absolute Gasteiger partial charge is 0.350 e. The molecule has 2 aromatic carbocycles. The van der Waals surface area contributed by atoms with Crippen molar-refractivity contribution in [1.29, 1.82) is 0 Å². The second-order valence-electron chi connectivity index (χ2n) is 9.92. The van der Waals surface area contributed by atoms with Gasteiger partial charge in [-0.2, -0.15) is 13.2 Å². The molecule has 0 bridgehead atoms. The first-order valence-corrected chi connectivity index (χ1v) is 14.2. The van der Waals surface area contributed by atoms with Gasteiger partial charge in [0.25, 0.3) is 0 Å². The standard InChI is InChI=1S/C26H33ClF3N3O4S/c1-6-21(24(35)31-25(2,3)4)32(15-14-18-10-8-7-9-11-18)23(34)17-33(38(5,36)37)22-16-19(26(28,29)30)12-13-20(22)27/h7-13,16,21H,6,14-15,17H2,1-5H3,(H,31,35)/t21-/m0/s1. The summed E-state index contributed by atoms with van der Waals surface area (Å²) in [6.45, 7) is 6.31. The van der Waals surface area contributed by atoms with E-state index >= 15 is 0 Å². The zero-order chi connectivity index (χ0) is 28.9. The third-order valence-electron chi connectivity index (χ3n) is 5.59. The normalized spacial score (nSPS) is 13.1. The molecule has 0 aromatic heterocycles. The molecule has 1 N–H and O–H groups in total. The highest BCUT2D eigenvalue weighted by atomic mass is 35.5. The van der Waals surface area contributed by atoms with Crippen LogP contribution in [0.5, 0.6) is 0 Å². The molecule has 2 aromatic rings. The molecule has 7 nitrogen and oxygen atoms in total. The fourth-order valence-corrected chi connectivity index (χ4v) is 4.95. The van der Waals surface area contributed by atoms with Crippen LogP contribution in [0.4, 0.5) is 18.9 Å². The third-order valence-corrected chi connectivity index (χ3v) is 7.04. The van der Waals surface area contributed by atoms with Crippen LogP contribution in [0, 0.1) is 0 Å². The number of halogens is 4. The minimum Gasteiger partial charge on any atom is -0.350 e. The van der Waals surface area contributed by atoms with E-state index in [-0.39, 0.29) is 18.0 Å². The Bertz CT molecular complexity index is 1230. The topological polar surface area (TPSA) is 86.8 Å². The van der Waals surface area contributed by atoms with Gasteiger partial charge in [-0.15, -0.1) is 0 Å². The van der Waals surface area contributed by atoms with Gasteiger partial charge >= 0.3 is 6.18 Å². The van der Waals surface area contributed by atoms with Crippen molar-refractivity contribution in [3.8, 4) is 0 Å². The van der Waals surface area contributed by atoms with Gasteiger partial charge in [-0.05, 0) is 57.4 Å². The zero-order valence-electron chi connectivity index (χ0n) is 22.0. The molecule has 0 heterocycles. The van der Waals surface area contributed by atoms with E-state index in [0.717, 1.165) is 24.0 Å². The van der Waals surface area contributed by atoms with E-state index in [4.69, 9.17) is 11.6 Å². The molecule has 2 rings (SSSR count). The van der Waals surface area contributed by atoms with Crippen molar-refractivity contribution in [1.82, 2.24) is 10.2 Å². The predicted molar refractivity (Wildman–Crippen MR) is 142 cm³/mol. The number of hydrogen-bond acceptors (Lipinski definition) is 4. The minimum atomic E-state index is -4.76. The summed E-state index contributed by atoms with van der Waals surface area (Å²) in [7, 11) is -4.25. The van der Waals surface area contributed by atoms with Crippen LogP contribution in [0.3, 0.4) is 0 Å². The Kier molecular flexibility index (Phi) is 10.2. The zero-order valence-corrected chi connectivity index (χ0v) is 23.5. The van der Waals surface area contributed by atoms with Gasteiger partial charge < -0.3 is 10.2 Å². The maximum Gasteiger partial charge on any atom is 0.416 e. The van der Waals surface area contributed by atoms with Gasteiger partial charge in [-0.1, -0.05) is 48.9 Å². The number of nitrogens with one attached hydrogen (secondary N) is 1. The van der Waals surface area contributed by atoms with Gasteiger partial charge in [0.1, 0.15) is 12.6 Å². The predicted octanol–water partition coefficient (Wildman–Crippen LogP) is 4.89. The summed E-state index contributed by atoms with van der Waals surface area (Å²) >= 11 is 6.10. The second kappa shape index (κ2) is 12.4. The Labute approximate surface area is 227 Å². The van der Waals surface area contributed by atoms with Gasteiger partial charge in [-0.25, -0.2) is 8.42 Å². The molecule has 0 aliphatic heterocycles. The molecule has 0 saturated heterocycles. The number of carbonyl (C=O) groups is 2. The van der Waals surface area contributed by atoms with Crippen molar-refractivity contribution in [2.75, 3.05) is 23.7 Å². The van der Waals surface area contributed by atoms with Gasteiger partial charge in [-0.3, -0.25) is 13.9 Å². The van der Waals surface area contributed by atoms with Crippen molar-refractivity contribution >= 4 is 39.1 Å². The molecule has 0 unspecified atom stereocenters. The number of sulfonamides is 1. The van der Waals surface area contributed by atoms with Crippen molar-refractivity contribution in [2.24, 2.45) is 0 Å². The summed E-state index contributed by atoms with van der Waals surface area (Å²) in [4.78, 5) is 28.0. The fraction of sp³-hybridized carbons (Fsp3) is 0.462. The number of amides is 2. The van der Waals surface area contributed by atoms with Crippen LogP contribution in [-0.4, -0.2) is 56.1 Å². The van der Waals surface area contributed by atoms with E-state index in [1.54, 1.807) is 27.7 Å². The summed E-state index contributed by atoms with van der Waals surface area (Å²) in [6.07, 6.45) is -3.39. The number of carbonyl (C=O) groups excluding carboxylic acids is 2. The third kappa shape index (κ3) is 8.90. The van der Waals surface area contributed by atoms with Gasteiger partial charge in [0.05, 0.1) is 22.5 Å². The first-order valence-electron chi connectivity index (χ1n) is 11.9. The maximum atomic E-state index is 13.6. The summed E-state index contributed by atoms with van der Waals surface area (Å²) in [6, 6.07) is 10.5. The van der Waals surface area contributed by atoms with Crippen LogP contribution >= 0.6 is 11.6 Å². The minimum absolute atomic E-state index is 0.0762. The van der Waals surface area contributed by atoms with Crippen LogP contribution in [0.15, 0.2) is 48.5 Å². The lowest BCUT2D eigenvalue weighted by Gasteiger charge is -2.34. The van der Waals surface area contributed by atoms with Crippen molar-refractivity contribution in [3.63, 3.8) is 0 Å². The lowest BCUT2D eigenvalue weighted by molar-refractivity contribution is -0.140. The molecule has 0 radical (unpaired) electrons. The average Bonchev–Trinajstić information content (AvgIpc) is 2.78. The Balaban J connectivity index is 2.49. The highest BCUT2D eigenvalue weighted by Crippen LogP contribution is 2.36. The first-order chi connectivity index (χ1) is 17.4. The summed E-state index contributed by atoms with van der Waals surface area (Å²) in [5.41, 5.74) is -1.30. The lowest BCUT2D eigenvalue weighted by Crippen LogP contribution is -2.56. The van der Waals surface area contributed by atoms with Crippen LogP contribution in [-0.2, 0) is 32.2 Å².